The molecular formula is C15H26F3N3O2. The first-order valence-corrected chi connectivity index (χ1v) is 8.19. The molecule has 0 saturated carbocycles. The van der Waals surface area contributed by atoms with Gasteiger partial charge in [-0.3, -0.25) is 4.90 Å². The van der Waals surface area contributed by atoms with E-state index in [0.717, 1.165) is 0 Å². The summed E-state index contributed by atoms with van der Waals surface area (Å²) in [7, 11) is 0. The van der Waals surface area contributed by atoms with E-state index in [1.807, 2.05) is 0 Å². The molecule has 2 rings (SSSR count). The molecule has 0 unspecified atom stereocenters. The fourth-order valence-corrected chi connectivity index (χ4v) is 3.14. The number of nitrogens with zero attached hydrogens (tertiary/aromatic N) is 2. The summed E-state index contributed by atoms with van der Waals surface area (Å²) in [6.07, 6.45) is -1.67. The predicted octanol–water partition coefficient (Wildman–Crippen LogP) is 1.82. The molecule has 0 aromatic carbocycles. The van der Waals surface area contributed by atoms with E-state index in [9.17, 15) is 23.1 Å². The van der Waals surface area contributed by atoms with E-state index in [0.29, 0.717) is 58.4 Å². The van der Waals surface area contributed by atoms with Crippen LogP contribution in [0, 0.1) is 5.92 Å². The maximum absolute atomic E-state index is 12.3. The van der Waals surface area contributed by atoms with Crippen molar-refractivity contribution in [1.82, 2.24) is 15.1 Å². The smallest absolute Gasteiger partial charge is 0.390 e. The van der Waals surface area contributed by atoms with Crippen LogP contribution in [0.5, 0.6) is 0 Å². The highest BCUT2D eigenvalue weighted by Crippen LogP contribution is 2.23. The number of carbonyl (C=O) groups is 1. The first-order chi connectivity index (χ1) is 10.6. The number of nitrogens with one attached hydrogen (secondary N) is 1. The van der Waals surface area contributed by atoms with Crippen LogP contribution in [0.3, 0.4) is 0 Å². The fraction of sp³-hybridized carbons (Fsp3) is 0.933. The topological polar surface area (TPSA) is 55.8 Å². The molecule has 0 spiro atoms. The van der Waals surface area contributed by atoms with Crippen molar-refractivity contribution in [2.75, 3.05) is 39.3 Å². The number of aliphatic hydroxyl groups is 1. The molecule has 0 radical (unpaired) electrons. The quantitative estimate of drug-likeness (QED) is 0.826. The van der Waals surface area contributed by atoms with Crippen molar-refractivity contribution >= 4 is 6.03 Å². The summed E-state index contributed by atoms with van der Waals surface area (Å²) in [5, 5.41) is 12.7. The molecule has 134 valence electrons. The van der Waals surface area contributed by atoms with E-state index in [4.69, 9.17) is 0 Å². The molecule has 23 heavy (non-hydrogen) atoms. The van der Waals surface area contributed by atoms with Gasteiger partial charge in [-0.25, -0.2) is 4.79 Å². The molecule has 0 aliphatic carbocycles. The van der Waals surface area contributed by atoms with Crippen LogP contribution < -0.4 is 5.32 Å². The zero-order chi connectivity index (χ0) is 17.1. The lowest BCUT2D eigenvalue weighted by molar-refractivity contribution is -0.148. The summed E-state index contributed by atoms with van der Waals surface area (Å²) in [4.78, 5) is 15.2. The van der Waals surface area contributed by atoms with E-state index in [1.165, 1.54) is 4.90 Å². The van der Waals surface area contributed by atoms with Gasteiger partial charge in [0.1, 0.15) is 0 Å². The third-order valence-corrected chi connectivity index (χ3v) is 4.78. The third kappa shape index (κ3) is 6.18. The Bertz CT molecular complexity index is 397. The lowest BCUT2D eigenvalue weighted by Crippen LogP contribution is -2.50. The molecule has 0 aromatic heterocycles. The Kier molecular flexibility index (Phi) is 5.78. The molecule has 2 fully saturated rings. The van der Waals surface area contributed by atoms with E-state index in [1.54, 1.807) is 11.8 Å². The van der Waals surface area contributed by atoms with Gasteiger partial charge < -0.3 is 15.3 Å². The molecule has 2 saturated heterocycles. The van der Waals surface area contributed by atoms with Crippen molar-refractivity contribution < 1.29 is 23.1 Å². The Labute approximate surface area is 134 Å². The molecule has 0 aromatic rings. The van der Waals surface area contributed by atoms with Gasteiger partial charge >= 0.3 is 12.2 Å². The minimum absolute atomic E-state index is 0.141. The van der Waals surface area contributed by atoms with Crippen molar-refractivity contribution in [3.63, 3.8) is 0 Å². The standard InChI is InChI=1S/C15H26F3N3O2/c1-14(23)4-8-21(9-5-14)13(22)19-10-12-2-6-20(7-3-12)11-15(16,17)18/h12,23H,2-11H2,1H3,(H,19,22). The highest BCUT2D eigenvalue weighted by Gasteiger charge is 2.33. The maximum Gasteiger partial charge on any atom is 0.401 e. The molecule has 8 heteroatoms. The number of hydrogen-bond donors (Lipinski definition) is 2. The molecule has 5 nitrogen and oxygen atoms in total. The Morgan fingerprint density at radius 3 is 2.30 bits per heavy atom. The van der Waals surface area contributed by atoms with Crippen LogP contribution in [-0.2, 0) is 0 Å². The van der Waals surface area contributed by atoms with Gasteiger partial charge in [0, 0.05) is 19.6 Å². The van der Waals surface area contributed by atoms with Crippen LogP contribution in [0.15, 0.2) is 0 Å². The van der Waals surface area contributed by atoms with Gasteiger partial charge in [0.15, 0.2) is 0 Å². The predicted molar refractivity (Wildman–Crippen MR) is 80.0 cm³/mol. The summed E-state index contributed by atoms with van der Waals surface area (Å²) in [6, 6.07) is -0.141. The highest BCUT2D eigenvalue weighted by molar-refractivity contribution is 5.74. The Morgan fingerprint density at radius 2 is 1.78 bits per heavy atom. The summed E-state index contributed by atoms with van der Waals surface area (Å²) in [5.74, 6) is 0.233. The molecule has 2 amide bonds. The molecule has 2 aliphatic rings. The van der Waals surface area contributed by atoms with Crippen molar-refractivity contribution in [3.05, 3.63) is 0 Å². The zero-order valence-electron chi connectivity index (χ0n) is 13.5. The van der Waals surface area contributed by atoms with E-state index in [-0.39, 0.29) is 11.9 Å². The van der Waals surface area contributed by atoms with Gasteiger partial charge in [-0.15, -0.1) is 0 Å². The molecular weight excluding hydrogens is 311 g/mol. The number of hydrogen-bond acceptors (Lipinski definition) is 3. The summed E-state index contributed by atoms with van der Waals surface area (Å²) < 4.78 is 37.0. The number of amides is 2. The summed E-state index contributed by atoms with van der Waals surface area (Å²) in [6.45, 7) is 3.34. The third-order valence-electron chi connectivity index (χ3n) is 4.78. The number of carbonyl (C=O) groups excluding carboxylic acids is 1. The van der Waals surface area contributed by atoms with E-state index >= 15 is 0 Å². The van der Waals surface area contributed by atoms with E-state index in [2.05, 4.69) is 5.32 Å². The van der Waals surface area contributed by atoms with Crippen molar-refractivity contribution in [1.29, 1.82) is 0 Å². The average Bonchev–Trinajstić information content (AvgIpc) is 2.44. The van der Waals surface area contributed by atoms with Crippen LogP contribution in [0.2, 0.25) is 0 Å². The molecule has 2 aliphatic heterocycles. The minimum Gasteiger partial charge on any atom is -0.390 e. The average molecular weight is 337 g/mol. The van der Waals surface area contributed by atoms with Gasteiger partial charge in [0.25, 0.3) is 0 Å². The molecule has 2 N–H and O–H groups in total. The lowest BCUT2D eigenvalue weighted by Gasteiger charge is -2.36. The number of rotatable bonds is 3. The Balaban J connectivity index is 1.64. The number of piperidine rings is 2. The van der Waals surface area contributed by atoms with Gasteiger partial charge in [-0.05, 0) is 51.6 Å². The molecule has 0 bridgehead atoms. The zero-order valence-corrected chi connectivity index (χ0v) is 13.5. The van der Waals surface area contributed by atoms with Crippen LogP contribution in [0.4, 0.5) is 18.0 Å². The monoisotopic (exact) mass is 337 g/mol. The second-order valence-electron chi connectivity index (χ2n) is 7.00. The first kappa shape index (κ1) is 18.3. The number of likely N-dealkylation sites (tertiary alicyclic amines) is 2. The highest BCUT2D eigenvalue weighted by atomic mass is 19.4. The van der Waals surface area contributed by atoms with Crippen molar-refractivity contribution in [2.24, 2.45) is 5.92 Å². The van der Waals surface area contributed by atoms with Gasteiger partial charge in [-0.1, -0.05) is 0 Å². The van der Waals surface area contributed by atoms with Crippen LogP contribution in [0.1, 0.15) is 32.6 Å². The second-order valence-corrected chi connectivity index (χ2v) is 7.00. The van der Waals surface area contributed by atoms with Gasteiger partial charge in [-0.2, -0.15) is 13.2 Å². The fourth-order valence-electron chi connectivity index (χ4n) is 3.14. The number of urea groups is 1. The summed E-state index contributed by atoms with van der Waals surface area (Å²) >= 11 is 0. The molecule has 2 heterocycles. The van der Waals surface area contributed by atoms with Crippen LogP contribution in [0.25, 0.3) is 0 Å². The van der Waals surface area contributed by atoms with Crippen molar-refractivity contribution in [3.8, 4) is 0 Å². The largest absolute Gasteiger partial charge is 0.401 e. The number of alkyl halides is 3. The molecule has 0 atom stereocenters. The number of halogens is 3. The first-order valence-electron chi connectivity index (χ1n) is 8.19. The normalized spacial score (nSPS) is 23.8. The SMILES string of the molecule is CC1(O)CCN(C(=O)NCC2CCN(CC(F)(F)F)CC2)CC1. The van der Waals surface area contributed by atoms with E-state index < -0.39 is 18.3 Å². The van der Waals surface area contributed by atoms with Crippen LogP contribution >= 0.6 is 0 Å². The Morgan fingerprint density at radius 1 is 1.22 bits per heavy atom. The maximum atomic E-state index is 12.3. The summed E-state index contributed by atoms with van der Waals surface area (Å²) in [5.41, 5.74) is -0.692. The minimum atomic E-state index is -4.14. The second kappa shape index (κ2) is 7.25. The van der Waals surface area contributed by atoms with Gasteiger partial charge in [0.2, 0.25) is 0 Å². The van der Waals surface area contributed by atoms with Crippen LogP contribution in [-0.4, -0.2) is 72.0 Å². The lowest BCUT2D eigenvalue weighted by atomic mass is 9.94. The Hall–Kier alpha value is -1.02. The van der Waals surface area contributed by atoms with Gasteiger partial charge in [0.05, 0.1) is 12.1 Å². The van der Waals surface area contributed by atoms with Crippen molar-refractivity contribution in [2.45, 2.75) is 44.4 Å².